The average molecular weight is 536 g/mol. The van der Waals surface area contributed by atoms with Crippen LogP contribution in [0.4, 0.5) is 5.69 Å². The van der Waals surface area contributed by atoms with Crippen LogP contribution >= 0.6 is 0 Å². The van der Waals surface area contributed by atoms with Crippen molar-refractivity contribution in [3.8, 4) is 28.7 Å². The van der Waals surface area contributed by atoms with Gasteiger partial charge in [0.15, 0.2) is 24.5 Å². The van der Waals surface area contributed by atoms with Crippen molar-refractivity contribution < 1.29 is 30.3 Å². The van der Waals surface area contributed by atoms with Crippen LogP contribution in [-0.4, -0.2) is 91.0 Å². The lowest BCUT2D eigenvalue weighted by atomic mass is 9.53. The van der Waals surface area contributed by atoms with Gasteiger partial charge in [-0.1, -0.05) is 0 Å². The van der Waals surface area contributed by atoms with Crippen molar-refractivity contribution in [1.82, 2.24) is 25.8 Å². The fraction of sp³-hybridized carbons (Fsp3) is 0.0417. The molecule has 1 fully saturated rings. The van der Waals surface area contributed by atoms with Gasteiger partial charge in [0.2, 0.25) is 5.78 Å². The van der Waals surface area contributed by atoms with Gasteiger partial charge in [0, 0.05) is 18.2 Å². The molecule has 2 aliphatic rings. The number of nitrogens with one attached hydrogen (secondary N) is 2. The third-order valence-electron chi connectivity index (χ3n) is 6.71. The molecule has 17 heteroatoms. The lowest BCUT2D eigenvalue weighted by Crippen LogP contribution is -2.52. The van der Waals surface area contributed by atoms with Gasteiger partial charge in [-0.15, -0.1) is 36.8 Å². The summed E-state index contributed by atoms with van der Waals surface area (Å²) in [4.78, 5) is 12.9. The van der Waals surface area contributed by atoms with E-state index >= 15 is 0 Å². The number of phenols is 4. The summed E-state index contributed by atoms with van der Waals surface area (Å²) in [6, 6.07) is 4.52. The fourth-order valence-electron chi connectivity index (χ4n) is 4.51. The molecule has 1 aliphatic heterocycles. The summed E-state index contributed by atoms with van der Waals surface area (Å²) in [5, 5.41) is 61.6. The monoisotopic (exact) mass is 537 g/mol. The van der Waals surface area contributed by atoms with Gasteiger partial charge in [0.05, 0.1) is 11.7 Å². The van der Waals surface area contributed by atoms with E-state index in [1.165, 1.54) is 48.8 Å². The normalized spacial score (nSPS) is 16.3. The Morgan fingerprint density at radius 1 is 0.805 bits per heavy atom. The van der Waals surface area contributed by atoms with Crippen LogP contribution in [0.2, 0.25) is 0 Å². The highest BCUT2D eigenvalue weighted by Crippen LogP contribution is 2.30. The number of carbonyl (C=O) groups excluding carboxylic acids is 1. The first-order chi connectivity index (χ1) is 19.4. The molecule has 7 N–H and O–H groups in total. The molecule has 9 radical (unpaired) electrons. The molecule has 41 heavy (non-hydrogen) atoms. The first kappa shape index (κ1) is 26.3. The molecule has 4 aromatic rings. The van der Waals surface area contributed by atoms with Gasteiger partial charge in [0.1, 0.15) is 65.3 Å². The minimum atomic E-state index is -0.588. The predicted octanol–water partition coefficient (Wildman–Crippen LogP) is -4.82. The highest BCUT2D eigenvalue weighted by atomic mass is 16.3. The van der Waals surface area contributed by atoms with E-state index in [-0.39, 0.29) is 60.9 Å². The van der Waals surface area contributed by atoms with Crippen molar-refractivity contribution in [3.05, 3.63) is 47.9 Å². The summed E-state index contributed by atoms with van der Waals surface area (Å²) in [6.07, 6.45) is 2.51. The minimum absolute atomic E-state index is 0.00420. The molecule has 1 aromatic heterocycles. The van der Waals surface area contributed by atoms with Crippen molar-refractivity contribution in [2.24, 2.45) is 0 Å². The quantitative estimate of drug-likeness (QED) is 0.0984. The Morgan fingerprint density at radius 2 is 1.34 bits per heavy atom. The molecule has 3 aromatic carbocycles. The Bertz CT molecular complexity index is 1840. The van der Waals surface area contributed by atoms with Crippen molar-refractivity contribution in [3.63, 3.8) is 0 Å². The van der Waals surface area contributed by atoms with E-state index in [1.54, 1.807) is 0 Å². The molecule has 0 saturated carbocycles. The Kier molecular flexibility index (Phi) is 6.00. The standard InChI is InChI=1S/C24H14B5N6O6/c25-7-1-13(34-30-9-3-15(36)16(37)4-10(9)31-34)23(40)21(19(7)27)29-22-20(28)8(26)2-14(24(22)41)35-32-11-5-17(38)18(39)6-12(11)33-35/h1-6,9,30-31,36,38-41H. The van der Waals surface area contributed by atoms with E-state index in [9.17, 15) is 30.3 Å². The second-order valence-corrected chi connectivity index (χ2v) is 9.35. The zero-order valence-corrected chi connectivity index (χ0v) is 20.9. The number of anilines is 1. The van der Waals surface area contributed by atoms with E-state index in [1.807, 2.05) is 0 Å². The third-order valence-corrected chi connectivity index (χ3v) is 6.71. The summed E-state index contributed by atoms with van der Waals surface area (Å²) in [5.74, 6) is -2.63. The Labute approximate surface area is 237 Å². The Hall–Kier alpha value is -4.91. The minimum Gasteiger partial charge on any atom is -0.506 e. The fourth-order valence-corrected chi connectivity index (χ4v) is 4.51. The van der Waals surface area contributed by atoms with Gasteiger partial charge >= 0.3 is 0 Å². The number of aliphatic hydroxyl groups is 1. The number of benzene rings is 3. The molecule has 1 saturated heterocycles. The van der Waals surface area contributed by atoms with Crippen LogP contribution in [0.3, 0.4) is 0 Å². The number of aromatic hydroxyl groups is 4. The van der Waals surface area contributed by atoms with Gasteiger partial charge in [-0.2, -0.15) is 0 Å². The molecular weight excluding hydrogens is 522 g/mol. The maximum absolute atomic E-state index is 11.9. The molecule has 1 aliphatic carbocycles. The van der Waals surface area contributed by atoms with Crippen molar-refractivity contribution in [2.75, 3.05) is 5.12 Å². The van der Waals surface area contributed by atoms with Gasteiger partial charge in [-0.3, -0.25) is 10.2 Å². The largest absolute Gasteiger partial charge is 0.506 e. The highest BCUT2D eigenvalue weighted by molar-refractivity contribution is 6.79. The second kappa shape index (κ2) is 9.34. The molecule has 0 amide bonds. The number of rotatable bonds is 4. The third kappa shape index (κ3) is 4.25. The zero-order valence-electron chi connectivity index (χ0n) is 20.9. The first-order valence-corrected chi connectivity index (χ1v) is 11.9. The second-order valence-electron chi connectivity index (χ2n) is 9.35. The summed E-state index contributed by atoms with van der Waals surface area (Å²) in [6.45, 7) is 0. The Morgan fingerprint density at radius 3 is 1.93 bits per heavy atom. The molecule has 0 spiro atoms. The van der Waals surface area contributed by atoms with Gasteiger partial charge in [-0.05, 0) is 29.1 Å². The number of phenolic OH excluding ortho intramolecular Hbond substituents is 4. The number of fused-ring (bicyclic) bond motifs is 2. The van der Waals surface area contributed by atoms with Crippen LogP contribution in [0.25, 0.3) is 16.7 Å². The number of carbonyl (C=O) groups is 1. The van der Waals surface area contributed by atoms with Crippen LogP contribution < -0.4 is 48.7 Å². The maximum Gasteiger partial charge on any atom is 0.221 e. The summed E-state index contributed by atoms with van der Waals surface area (Å²) in [5.41, 5.74) is 6.77. The van der Waals surface area contributed by atoms with Crippen LogP contribution in [-0.2, 0) is 4.79 Å². The van der Waals surface area contributed by atoms with Gasteiger partial charge in [-0.25, -0.2) is 10.5 Å². The smallest absolute Gasteiger partial charge is 0.221 e. The van der Waals surface area contributed by atoms with Crippen molar-refractivity contribution in [2.45, 2.75) is 6.04 Å². The van der Waals surface area contributed by atoms with Crippen LogP contribution in [0.1, 0.15) is 0 Å². The predicted molar refractivity (Wildman–Crippen MR) is 155 cm³/mol. The topological polar surface area (TPSA) is 176 Å². The van der Waals surface area contributed by atoms with Crippen LogP contribution in [0.15, 0.2) is 47.9 Å². The molecule has 0 bridgehead atoms. The number of aliphatic hydroxyl groups excluding tert-OH is 1. The summed E-state index contributed by atoms with van der Waals surface area (Å²) in [7, 11) is 26.0. The number of hydrogen-bond acceptors (Lipinski definition) is 11. The number of hydrazine groups is 2. The molecule has 2 heterocycles. The number of ketones is 1. The van der Waals surface area contributed by atoms with E-state index in [0.29, 0.717) is 5.70 Å². The van der Waals surface area contributed by atoms with E-state index < -0.39 is 34.8 Å². The van der Waals surface area contributed by atoms with E-state index in [2.05, 4.69) is 21.0 Å². The summed E-state index contributed by atoms with van der Waals surface area (Å²) >= 11 is 0. The van der Waals surface area contributed by atoms with E-state index in [4.69, 9.17) is 31.4 Å². The number of aromatic nitrogens is 3. The molecule has 1 unspecified atom stereocenters. The molecule has 1 atom stereocenters. The van der Waals surface area contributed by atoms with Crippen molar-refractivity contribution >= 4 is 93.9 Å². The summed E-state index contributed by atoms with van der Waals surface area (Å²) < 4.78 is 0. The molecule has 12 nitrogen and oxygen atoms in total. The van der Waals surface area contributed by atoms with Crippen LogP contribution in [0, 0.1) is 0 Å². The molecule has 6 rings (SSSR count). The first-order valence-electron chi connectivity index (χ1n) is 11.9. The molecular formula is C24H14B5N6O6. The number of nitrogens with zero attached hydrogens (tertiary/aromatic N) is 4. The Balaban J connectivity index is 1.42. The zero-order chi connectivity index (χ0) is 29.3. The van der Waals surface area contributed by atoms with Crippen molar-refractivity contribution in [1.29, 1.82) is 0 Å². The molecule has 191 valence electrons. The lowest BCUT2D eigenvalue weighted by Gasteiger charge is -2.24. The SMILES string of the molecule is [B]c1cc(N2NC3=CC(=O)C(O)=CC3N2)c(O)c([B]c2c([B])c([B])cc(-n3nc4cc(O)c(O)cc4n3)c2O)c1[B]. The maximum atomic E-state index is 11.9. The van der Waals surface area contributed by atoms with Gasteiger partial charge in [0.25, 0.3) is 0 Å². The number of hydrogen-bond donors (Lipinski definition) is 7. The average Bonchev–Trinajstić information content (AvgIpc) is 3.51. The highest BCUT2D eigenvalue weighted by Gasteiger charge is 2.33. The van der Waals surface area contributed by atoms with Crippen LogP contribution in [0.5, 0.6) is 23.0 Å². The van der Waals surface area contributed by atoms with Gasteiger partial charge < -0.3 is 25.5 Å². The van der Waals surface area contributed by atoms with E-state index in [0.717, 1.165) is 4.80 Å². The lowest BCUT2D eigenvalue weighted by molar-refractivity contribution is -0.113. The number of allylic oxidation sites excluding steroid dienone is 1.